The fourth-order valence-electron chi connectivity index (χ4n) is 3.26. The lowest BCUT2D eigenvalue weighted by molar-refractivity contribution is -0.122. The number of aryl methyl sites for hydroxylation is 1. The van der Waals surface area contributed by atoms with Gasteiger partial charge in [-0.15, -0.1) is 0 Å². The van der Waals surface area contributed by atoms with E-state index in [1.165, 1.54) is 0 Å². The summed E-state index contributed by atoms with van der Waals surface area (Å²) in [5.74, 6) is -0.0794. The molecule has 1 aromatic carbocycles. The molecule has 2 aromatic heterocycles. The molecule has 4 rings (SSSR count). The van der Waals surface area contributed by atoms with E-state index in [9.17, 15) is 9.59 Å². The summed E-state index contributed by atoms with van der Waals surface area (Å²) in [5.41, 5.74) is 2.45. The predicted molar refractivity (Wildman–Crippen MR) is 110 cm³/mol. The molecule has 28 heavy (non-hydrogen) atoms. The van der Waals surface area contributed by atoms with Gasteiger partial charge < -0.3 is 10.2 Å². The van der Waals surface area contributed by atoms with Crippen LogP contribution in [-0.2, 0) is 16.6 Å². The number of rotatable bonds is 4. The Hall–Kier alpha value is -3.00. The number of carbonyl (C=O) groups excluding carboxylic acids is 2. The fraction of sp³-hybridized carbons (Fsp3) is 0.200. The molecule has 0 unspecified atom stereocenters. The summed E-state index contributed by atoms with van der Waals surface area (Å²) in [6.45, 7) is 0.350. The van der Waals surface area contributed by atoms with Crippen molar-refractivity contribution in [2.45, 2.75) is 6.42 Å². The van der Waals surface area contributed by atoms with Gasteiger partial charge in [-0.05, 0) is 40.2 Å². The van der Waals surface area contributed by atoms with Crippen LogP contribution in [0.3, 0.4) is 0 Å². The lowest BCUT2D eigenvalue weighted by atomic mass is 10.1. The summed E-state index contributed by atoms with van der Waals surface area (Å²) in [5, 5.41) is 7.35. The molecule has 1 atom stereocenters. The van der Waals surface area contributed by atoms with Gasteiger partial charge in [-0.2, -0.15) is 5.10 Å². The molecular weight excluding hydrogens is 422 g/mol. The van der Waals surface area contributed by atoms with E-state index in [1.807, 2.05) is 42.5 Å². The Labute approximate surface area is 170 Å². The van der Waals surface area contributed by atoms with Crippen LogP contribution in [0.5, 0.6) is 0 Å². The van der Waals surface area contributed by atoms with E-state index in [-0.39, 0.29) is 18.2 Å². The Balaban J connectivity index is 1.48. The molecule has 1 saturated heterocycles. The summed E-state index contributed by atoms with van der Waals surface area (Å²) >= 11 is 3.47. The normalized spacial score (nSPS) is 16.4. The zero-order valence-electron chi connectivity index (χ0n) is 15.2. The van der Waals surface area contributed by atoms with Crippen molar-refractivity contribution < 1.29 is 9.59 Å². The number of halogens is 1. The fourth-order valence-corrected chi connectivity index (χ4v) is 3.76. The van der Waals surface area contributed by atoms with E-state index in [1.54, 1.807) is 29.0 Å². The van der Waals surface area contributed by atoms with Gasteiger partial charge in [0.2, 0.25) is 11.8 Å². The number of benzene rings is 1. The number of aromatic nitrogens is 3. The summed E-state index contributed by atoms with van der Waals surface area (Å²) < 4.78 is 2.45. The van der Waals surface area contributed by atoms with Crippen LogP contribution in [0, 0.1) is 5.92 Å². The molecule has 2 amide bonds. The van der Waals surface area contributed by atoms with Crippen molar-refractivity contribution >= 4 is 39.2 Å². The Morgan fingerprint density at radius 3 is 2.71 bits per heavy atom. The highest BCUT2D eigenvalue weighted by atomic mass is 79.9. The van der Waals surface area contributed by atoms with Gasteiger partial charge in [0.15, 0.2) is 0 Å². The second-order valence-electron chi connectivity index (χ2n) is 6.62. The second kappa shape index (κ2) is 7.55. The van der Waals surface area contributed by atoms with Crippen LogP contribution >= 0.6 is 15.9 Å². The van der Waals surface area contributed by atoms with Crippen molar-refractivity contribution in [2.24, 2.45) is 13.0 Å². The third-order valence-corrected chi connectivity index (χ3v) is 5.42. The molecule has 1 aliphatic heterocycles. The number of para-hydroxylation sites is 1. The van der Waals surface area contributed by atoms with Gasteiger partial charge >= 0.3 is 0 Å². The van der Waals surface area contributed by atoms with Crippen LogP contribution in [0.4, 0.5) is 11.5 Å². The molecule has 142 valence electrons. The van der Waals surface area contributed by atoms with E-state index in [2.05, 4.69) is 31.3 Å². The minimum atomic E-state index is -0.418. The summed E-state index contributed by atoms with van der Waals surface area (Å²) in [7, 11) is 1.77. The van der Waals surface area contributed by atoms with Crippen molar-refractivity contribution in [3.8, 4) is 11.3 Å². The Morgan fingerprint density at radius 2 is 1.96 bits per heavy atom. The van der Waals surface area contributed by atoms with Gasteiger partial charge in [0.1, 0.15) is 5.82 Å². The van der Waals surface area contributed by atoms with E-state index in [0.717, 1.165) is 21.4 Å². The highest BCUT2D eigenvalue weighted by molar-refractivity contribution is 9.10. The van der Waals surface area contributed by atoms with Gasteiger partial charge in [-0.3, -0.25) is 19.3 Å². The maximum absolute atomic E-state index is 12.8. The maximum Gasteiger partial charge on any atom is 0.230 e. The number of amides is 2. The van der Waals surface area contributed by atoms with Crippen molar-refractivity contribution in [1.29, 1.82) is 0 Å². The molecule has 0 spiro atoms. The number of nitrogens with zero attached hydrogens (tertiary/aromatic N) is 4. The number of hydrogen-bond acceptors (Lipinski definition) is 4. The van der Waals surface area contributed by atoms with Crippen molar-refractivity contribution in [3.63, 3.8) is 0 Å². The van der Waals surface area contributed by atoms with Crippen molar-refractivity contribution in [3.05, 3.63) is 59.3 Å². The first-order valence-corrected chi connectivity index (χ1v) is 9.62. The first-order chi connectivity index (χ1) is 13.5. The van der Waals surface area contributed by atoms with Crippen LogP contribution < -0.4 is 10.2 Å². The van der Waals surface area contributed by atoms with Gasteiger partial charge in [-0.25, -0.2) is 0 Å². The third kappa shape index (κ3) is 3.55. The predicted octanol–water partition coefficient (Wildman–Crippen LogP) is 3.24. The van der Waals surface area contributed by atoms with E-state index in [4.69, 9.17) is 0 Å². The molecule has 0 saturated carbocycles. The molecule has 3 aromatic rings. The molecule has 7 nitrogen and oxygen atoms in total. The quantitative estimate of drug-likeness (QED) is 0.676. The van der Waals surface area contributed by atoms with E-state index in [0.29, 0.717) is 12.4 Å². The summed E-state index contributed by atoms with van der Waals surface area (Å²) in [4.78, 5) is 30.9. The Bertz CT molecular complexity index is 1030. The highest BCUT2D eigenvalue weighted by Crippen LogP contribution is 2.32. The van der Waals surface area contributed by atoms with Crippen molar-refractivity contribution in [2.75, 3.05) is 16.8 Å². The first kappa shape index (κ1) is 18.4. The first-order valence-electron chi connectivity index (χ1n) is 8.83. The number of pyridine rings is 1. The van der Waals surface area contributed by atoms with Crippen LogP contribution in [-0.4, -0.2) is 33.1 Å². The molecule has 1 fully saturated rings. The highest BCUT2D eigenvalue weighted by Gasteiger charge is 2.36. The molecule has 0 aliphatic carbocycles. The molecule has 0 bridgehead atoms. The number of carbonyl (C=O) groups is 2. The largest absolute Gasteiger partial charge is 0.311 e. The van der Waals surface area contributed by atoms with Crippen LogP contribution in [0.25, 0.3) is 11.3 Å². The Morgan fingerprint density at radius 1 is 1.21 bits per heavy atom. The number of hydrogen-bond donors (Lipinski definition) is 1. The van der Waals surface area contributed by atoms with E-state index < -0.39 is 5.92 Å². The average molecular weight is 440 g/mol. The minimum absolute atomic E-state index is 0.0606. The summed E-state index contributed by atoms with van der Waals surface area (Å²) in [6.07, 6.45) is 3.58. The average Bonchev–Trinajstić information content (AvgIpc) is 3.26. The standard InChI is InChI=1S/C20H18BrN5O2/c1-25-18(11-16(24-25)13-6-8-22-9-7-13)23-20(28)14-10-19(27)26(12-14)17-5-3-2-4-15(17)21/h2-9,11,14H,10,12H2,1H3,(H,23,28)/t14-/m0/s1. The molecule has 1 N–H and O–H groups in total. The topological polar surface area (TPSA) is 80.1 Å². The third-order valence-electron chi connectivity index (χ3n) is 4.75. The molecule has 1 aliphatic rings. The summed E-state index contributed by atoms with van der Waals surface area (Å²) in [6, 6.07) is 13.0. The van der Waals surface area contributed by atoms with Gasteiger partial charge in [0, 0.05) is 48.5 Å². The smallest absolute Gasteiger partial charge is 0.230 e. The van der Waals surface area contributed by atoms with Crippen LogP contribution in [0.1, 0.15) is 6.42 Å². The van der Waals surface area contributed by atoms with Gasteiger partial charge in [0.05, 0.1) is 17.3 Å². The Kier molecular flexibility index (Phi) is 4.95. The molecular formula is C20H18BrN5O2. The zero-order chi connectivity index (χ0) is 19.7. The maximum atomic E-state index is 12.8. The SMILES string of the molecule is Cn1nc(-c2ccncc2)cc1NC(=O)[C@H]1CC(=O)N(c2ccccc2Br)C1. The minimum Gasteiger partial charge on any atom is -0.311 e. The van der Waals surface area contributed by atoms with Gasteiger partial charge in [0.25, 0.3) is 0 Å². The molecule has 3 heterocycles. The van der Waals surface area contributed by atoms with Crippen molar-refractivity contribution in [1.82, 2.24) is 14.8 Å². The lowest BCUT2D eigenvalue weighted by Crippen LogP contribution is -2.28. The monoisotopic (exact) mass is 439 g/mol. The zero-order valence-corrected chi connectivity index (χ0v) is 16.8. The number of nitrogens with one attached hydrogen (secondary N) is 1. The molecule has 8 heteroatoms. The van der Waals surface area contributed by atoms with E-state index >= 15 is 0 Å². The van der Waals surface area contributed by atoms with Crippen LogP contribution in [0.15, 0.2) is 59.3 Å². The lowest BCUT2D eigenvalue weighted by Gasteiger charge is -2.18. The van der Waals surface area contributed by atoms with Gasteiger partial charge in [-0.1, -0.05) is 12.1 Å². The second-order valence-corrected chi connectivity index (χ2v) is 7.47. The number of anilines is 2. The van der Waals surface area contributed by atoms with Crippen LogP contribution in [0.2, 0.25) is 0 Å². The molecule has 0 radical (unpaired) electrons.